The second-order valence-electron chi connectivity index (χ2n) is 7.51. The lowest BCUT2D eigenvalue weighted by atomic mass is 9.76. The van der Waals surface area contributed by atoms with Gasteiger partial charge in [-0.15, -0.1) is 0 Å². The SMILES string of the molecule is CCCC1(CN2CCC(CN(C)C)CC2)CCCNC1. The Morgan fingerprint density at radius 3 is 2.55 bits per heavy atom. The number of hydrogen-bond donors (Lipinski definition) is 1. The maximum Gasteiger partial charge on any atom is 0.00501 e. The number of hydrogen-bond acceptors (Lipinski definition) is 3. The first kappa shape index (κ1) is 16.3. The molecule has 0 radical (unpaired) electrons. The summed E-state index contributed by atoms with van der Waals surface area (Å²) >= 11 is 0. The zero-order valence-electron chi connectivity index (χ0n) is 14.0. The van der Waals surface area contributed by atoms with Gasteiger partial charge in [0.05, 0.1) is 0 Å². The molecular formula is C17H35N3. The average molecular weight is 281 g/mol. The highest BCUT2D eigenvalue weighted by Gasteiger charge is 2.34. The van der Waals surface area contributed by atoms with E-state index in [0.29, 0.717) is 5.41 Å². The zero-order chi connectivity index (χ0) is 14.4. The van der Waals surface area contributed by atoms with Crippen molar-refractivity contribution in [2.75, 3.05) is 53.4 Å². The highest BCUT2D eigenvalue weighted by Crippen LogP contribution is 2.33. The van der Waals surface area contributed by atoms with Gasteiger partial charge >= 0.3 is 0 Å². The van der Waals surface area contributed by atoms with Crippen LogP contribution < -0.4 is 5.32 Å². The van der Waals surface area contributed by atoms with Gasteiger partial charge in [0.1, 0.15) is 0 Å². The molecule has 0 aromatic heterocycles. The van der Waals surface area contributed by atoms with E-state index in [2.05, 4.69) is 36.1 Å². The summed E-state index contributed by atoms with van der Waals surface area (Å²) in [4.78, 5) is 5.11. The van der Waals surface area contributed by atoms with Crippen LogP contribution in [0.25, 0.3) is 0 Å². The number of piperidine rings is 2. The van der Waals surface area contributed by atoms with Gasteiger partial charge < -0.3 is 15.1 Å². The lowest BCUT2D eigenvalue weighted by Gasteiger charge is -2.43. The fraction of sp³-hybridized carbons (Fsp3) is 1.00. The molecule has 0 bridgehead atoms. The first-order chi connectivity index (χ1) is 9.63. The van der Waals surface area contributed by atoms with Crippen molar-refractivity contribution in [1.29, 1.82) is 0 Å². The van der Waals surface area contributed by atoms with Gasteiger partial charge in [0, 0.05) is 19.6 Å². The summed E-state index contributed by atoms with van der Waals surface area (Å²) in [5.74, 6) is 0.924. The fourth-order valence-corrected chi connectivity index (χ4v) is 4.31. The van der Waals surface area contributed by atoms with Crippen molar-refractivity contribution in [1.82, 2.24) is 15.1 Å². The van der Waals surface area contributed by atoms with Crippen molar-refractivity contribution in [3.05, 3.63) is 0 Å². The van der Waals surface area contributed by atoms with Gasteiger partial charge in [0.15, 0.2) is 0 Å². The van der Waals surface area contributed by atoms with E-state index < -0.39 is 0 Å². The number of nitrogens with one attached hydrogen (secondary N) is 1. The molecule has 0 aliphatic carbocycles. The lowest BCUT2D eigenvalue weighted by molar-refractivity contribution is 0.0760. The number of nitrogens with zero attached hydrogens (tertiary/aromatic N) is 2. The Balaban J connectivity index is 1.80. The molecule has 0 aromatic carbocycles. The third kappa shape index (κ3) is 4.71. The van der Waals surface area contributed by atoms with Gasteiger partial charge in [-0.3, -0.25) is 0 Å². The number of likely N-dealkylation sites (tertiary alicyclic amines) is 1. The van der Waals surface area contributed by atoms with Crippen LogP contribution in [0.15, 0.2) is 0 Å². The fourth-order valence-electron chi connectivity index (χ4n) is 4.31. The molecule has 0 saturated carbocycles. The van der Waals surface area contributed by atoms with Crippen LogP contribution in [0.2, 0.25) is 0 Å². The van der Waals surface area contributed by atoms with Crippen molar-refractivity contribution >= 4 is 0 Å². The predicted molar refractivity (Wildman–Crippen MR) is 87.2 cm³/mol. The molecule has 3 nitrogen and oxygen atoms in total. The molecule has 1 atom stereocenters. The van der Waals surface area contributed by atoms with Gasteiger partial charge in [0.2, 0.25) is 0 Å². The second-order valence-corrected chi connectivity index (χ2v) is 7.51. The molecule has 0 spiro atoms. The lowest BCUT2D eigenvalue weighted by Crippen LogP contribution is -2.49. The van der Waals surface area contributed by atoms with Crippen molar-refractivity contribution in [3.63, 3.8) is 0 Å². The van der Waals surface area contributed by atoms with Gasteiger partial charge in [0.25, 0.3) is 0 Å². The Bertz CT molecular complexity index is 258. The molecular weight excluding hydrogens is 246 g/mol. The quantitative estimate of drug-likeness (QED) is 0.807. The molecule has 2 aliphatic rings. The first-order valence-corrected chi connectivity index (χ1v) is 8.71. The molecule has 0 aromatic rings. The average Bonchev–Trinajstić information content (AvgIpc) is 2.42. The van der Waals surface area contributed by atoms with E-state index in [-0.39, 0.29) is 0 Å². The molecule has 1 unspecified atom stereocenters. The molecule has 1 N–H and O–H groups in total. The molecule has 2 saturated heterocycles. The van der Waals surface area contributed by atoms with Crippen LogP contribution in [0.5, 0.6) is 0 Å². The Hall–Kier alpha value is -0.120. The third-order valence-electron chi connectivity index (χ3n) is 5.23. The summed E-state index contributed by atoms with van der Waals surface area (Å²) in [6.45, 7) is 10.1. The van der Waals surface area contributed by atoms with E-state index in [1.165, 1.54) is 77.8 Å². The zero-order valence-corrected chi connectivity index (χ0v) is 14.0. The summed E-state index contributed by atoms with van der Waals surface area (Å²) < 4.78 is 0. The summed E-state index contributed by atoms with van der Waals surface area (Å²) in [6, 6.07) is 0. The summed E-state index contributed by atoms with van der Waals surface area (Å²) in [5.41, 5.74) is 0.571. The standard InChI is InChI=1S/C17H35N3/c1-4-8-17(9-5-10-18-14-17)15-20-11-6-16(7-12-20)13-19(2)3/h16,18H,4-15H2,1-3H3. The van der Waals surface area contributed by atoms with Crippen LogP contribution in [0.3, 0.4) is 0 Å². The highest BCUT2D eigenvalue weighted by atomic mass is 15.1. The van der Waals surface area contributed by atoms with Crippen molar-refractivity contribution < 1.29 is 0 Å². The normalized spacial score (nSPS) is 30.0. The molecule has 0 amide bonds. The van der Waals surface area contributed by atoms with Crippen LogP contribution >= 0.6 is 0 Å². The first-order valence-electron chi connectivity index (χ1n) is 8.71. The van der Waals surface area contributed by atoms with Crippen LogP contribution in [-0.4, -0.2) is 63.2 Å². The Labute approximate surface area is 126 Å². The van der Waals surface area contributed by atoms with E-state index in [4.69, 9.17) is 0 Å². The summed E-state index contributed by atoms with van der Waals surface area (Å²) in [5, 5.41) is 3.65. The molecule has 2 heterocycles. The highest BCUT2D eigenvalue weighted by molar-refractivity contribution is 4.89. The minimum atomic E-state index is 0.571. The second kappa shape index (κ2) is 7.77. The van der Waals surface area contributed by atoms with Gasteiger partial charge in [-0.25, -0.2) is 0 Å². The van der Waals surface area contributed by atoms with Crippen LogP contribution in [-0.2, 0) is 0 Å². The Morgan fingerprint density at radius 2 is 2.00 bits per heavy atom. The molecule has 3 heteroatoms. The largest absolute Gasteiger partial charge is 0.316 e. The monoisotopic (exact) mass is 281 g/mol. The van der Waals surface area contributed by atoms with Crippen molar-refractivity contribution in [2.24, 2.45) is 11.3 Å². The van der Waals surface area contributed by atoms with Gasteiger partial charge in [-0.1, -0.05) is 13.3 Å². The predicted octanol–water partition coefficient (Wildman–Crippen LogP) is 2.43. The van der Waals surface area contributed by atoms with Crippen molar-refractivity contribution in [3.8, 4) is 0 Å². The molecule has 20 heavy (non-hydrogen) atoms. The van der Waals surface area contributed by atoms with E-state index in [0.717, 1.165) is 5.92 Å². The van der Waals surface area contributed by atoms with E-state index >= 15 is 0 Å². The Kier molecular flexibility index (Phi) is 6.31. The van der Waals surface area contributed by atoms with Crippen LogP contribution in [0, 0.1) is 11.3 Å². The minimum Gasteiger partial charge on any atom is -0.316 e. The molecule has 2 aliphatic heterocycles. The third-order valence-corrected chi connectivity index (χ3v) is 5.23. The maximum atomic E-state index is 3.65. The summed E-state index contributed by atoms with van der Waals surface area (Å²) in [7, 11) is 4.41. The minimum absolute atomic E-state index is 0.571. The van der Waals surface area contributed by atoms with E-state index in [1.54, 1.807) is 0 Å². The Morgan fingerprint density at radius 1 is 1.25 bits per heavy atom. The summed E-state index contributed by atoms with van der Waals surface area (Å²) in [6.07, 6.45) is 8.33. The van der Waals surface area contributed by atoms with Gasteiger partial charge in [-0.2, -0.15) is 0 Å². The molecule has 2 fully saturated rings. The van der Waals surface area contributed by atoms with E-state index in [1.807, 2.05) is 0 Å². The van der Waals surface area contributed by atoms with Gasteiger partial charge in [-0.05, 0) is 77.2 Å². The smallest absolute Gasteiger partial charge is 0.00501 e. The maximum absolute atomic E-state index is 3.65. The van der Waals surface area contributed by atoms with E-state index in [9.17, 15) is 0 Å². The number of rotatable bonds is 6. The van der Waals surface area contributed by atoms with Crippen LogP contribution in [0.4, 0.5) is 0 Å². The molecule has 118 valence electrons. The topological polar surface area (TPSA) is 18.5 Å². The van der Waals surface area contributed by atoms with Crippen LogP contribution in [0.1, 0.15) is 45.4 Å². The molecule has 2 rings (SSSR count). The van der Waals surface area contributed by atoms with Crippen molar-refractivity contribution in [2.45, 2.75) is 45.4 Å².